The number of H-pyrrole nitrogens is 1. The summed E-state index contributed by atoms with van der Waals surface area (Å²) in [7, 11) is 2.24. The first-order chi connectivity index (χ1) is 10.7. The number of aromatic nitrogens is 1. The highest BCUT2D eigenvalue weighted by atomic mass is 15.1. The third-order valence-corrected chi connectivity index (χ3v) is 5.65. The molecule has 0 aromatic carbocycles. The fourth-order valence-electron chi connectivity index (χ4n) is 4.15. The topological polar surface area (TPSA) is 46.1 Å². The summed E-state index contributed by atoms with van der Waals surface area (Å²) in [4.78, 5) is 8.36. The molecular formula is C18H28N4. The zero-order valence-electron chi connectivity index (χ0n) is 13.9. The molecule has 2 fully saturated rings. The summed E-state index contributed by atoms with van der Waals surface area (Å²) in [6, 6.07) is 4.27. The highest BCUT2D eigenvalue weighted by Crippen LogP contribution is 2.32. The van der Waals surface area contributed by atoms with E-state index in [-0.39, 0.29) is 0 Å². The molecule has 2 aliphatic rings. The van der Waals surface area contributed by atoms with Crippen LogP contribution in [-0.4, -0.2) is 48.0 Å². The van der Waals surface area contributed by atoms with Gasteiger partial charge in [-0.25, -0.2) is 0 Å². The van der Waals surface area contributed by atoms with Crippen LogP contribution in [0.4, 0.5) is 0 Å². The van der Waals surface area contributed by atoms with Crippen LogP contribution in [0.5, 0.6) is 0 Å². The van der Waals surface area contributed by atoms with Crippen LogP contribution in [0.2, 0.25) is 0 Å². The van der Waals surface area contributed by atoms with Crippen molar-refractivity contribution in [2.75, 3.05) is 33.2 Å². The van der Waals surface area contributed by atoms with Crippen LogP contribution in [0.15, 0.2) is 6.07 Å². The molecule has 3 heterocycles. The minimum atomic E-state index is 0.788. The molecule has 120 valence electrons. The van der Waals surface area contributed by atoms with E-state index in [1.807, 2.05) is 13.0 Å². The number of rotatable bonds is 3. The van der Waals surface area contributed by atoms with Gasteiger partial charge in [-0.15, -0.1) is 0 Å². The molecule has 1 aromatic rings. The lowest BCUT2D eigenvalue weighted by Gasteiger charge is -2.39. The summed E-state index contributed by atoms with van der Waals surface area (Å²) in [5.74, 6) is 1.89. The lowest BCUT2D eigenvalue weighted by molar-refractivity contribution is 0.102. The summed E-state index contributed by atoms with van der Waals surface area (Å²) < 4.78 is 0. The van der Waals surface area contributed by atoms with Crippen LogP contribution in [-0.2, 0) is 6.54 Å². The first-order valence-electron chi connectivity index (χ1n) is 8.65. The highest BCUT2D eigenvalue weighted by molar-refractivity contribution is 5.35. The van der Waals surface area contributed by atoms with E-state index in [1.165, 1.54) is 57.6 Å². The summed E-state index contributed by atoms with van der Waals surface area (Å²) in [6.45, 7) is 7.91. The van der Waals surface area contributed by atoms with Crippen LogP contribution >= 0.6 is 0 Å². The Kier molecular flexibility index (Phi) is 4.85. The molecule has 0 radical (unpaired) electrons. The minimum Gasteiger partial charge on any atom is -0.360 e. The summed E-state index contributed by atoms with van der Waals surface area (Å²) in [5, 5.41) is 9.05. The van der Waals surface area contributed by atoms with Gasteiger partial charge in [0.2, 0.25) is 0 Å². The van der Waals surface area contributed by atoms with E-state index < -0.39 is 0 Å². The van der Waals surface area contributed by atoms with Crippen molar-refractivity contribution in [1.82, 2.24) is 14.8 Å². The maximum Gasteiger partial charge on any atom is 0.101 e. The van der Waals surface area contributed by atoms with Gasteiger partial charge in [0, 0.05) is 17.9 Å². The summed E-state index contributed by atoms with van der Waals surface area (Å²) in [5.41, 5.74) is 2.97. The molecule has 3 rings (SSSR count). The zero-order chi connectivity index (χ0) is 15.5. The second-order valence-electron chi connectivity index (χ2n) is 7.20. The molecular weight excluding hydrogens is 272 g/mol. The number of hydrogen-bond donors (Lipinski definition) is 1. The first-order valence-corrected chi connectivity index (χ1v) is 8.65. The molecule has 4 nitrogen and oxygen atoms in total. The van der Waals surface area contributed by atoms with Crippen LogP contribution in [0, 0.1) is 30.1 Å². The molecule has 2 aliphatic heterocycles. The number of nitrogens with one attached hydrogen (secondary N) is 1. The largest absolute Gasteiger partial charge is 0.360 e. The Balaban J connectivity index is 1.48. The van der Waals surface area contributed by atoms with Crippen LogP contribution in [0.1, 0.15) is 42.6 Å². The van der Waals surface area contributed by atoms with Crippen molar-refractivity contribution < 1.29 is 0 Å². The molecule has 0 saturated carbocycles. The molecule has 0 aliphatic carbocycles. The molecule has 0 atom stereocenters. The van der Waals surface area contributed by atoms with Gasteiger partial charge in [-0.2, -0.15) is 5.26 Å². The van der Waals surface area contributed by atoms with Crippen molar-refractivity contribution in [3.05, 3.63) is 23.0 Å². The normalized spacial score (nSPS) is 22.8. The van der Waals surface area contributed by atoms with E-state index in [0.717, 1.165) is 29.6 Å². The van der Waals surface area contributed by atoms with Gasteiger partial charge in [-0.1, -0.05) is 0 Å². The van der Waals surface area contributed by atoms with Crippen LogP contribution in [0.25, 0.3) is 0 Å². The lowest BCUT2D eigenvalue weighted by atomic mass is 9.79. The number of aromatic amines is 1. The predicted molar refractivity (Wildman–Crippen MR) is 88.5 cm³/mol. The predicted octanol–water partition coefficient (Wildman–Crippen LogP) is 2.75. The van der Waals surface area contributed by atoms with Crippen molar-refractivity contribution in [2.45, 2.75) is 39.2 Å². The molecule has 4 heteroatoms. The van der Waals surface area contributed by atoms with E-state index in [0.29, 0.717) is 0 Å². The summed E-state index contributed by atoms with van der Waals surface area (Å²) in [6.07, 6.45) is 5.48. The fraction of sp³-hybridized carbons (Fsp3) is 0.722. The van der Waals surface area contributed by atoms with E-state index in [4.69, 9.17) is 5.26 Å². The molecule has 2 saturated heterocycles. The Morgan fingerprint density at radius 2 is 1.73 bits per heavy atom. The van der Waals surface area contributed by atoms with Crippen LogP contribution < -0.4 is 0 Å². The SMILES string of the molecule is Cc1[nH]c(CN2CCC(C3CCN(C)CC3)CC2)cc1C#N. The fourth-order valence-corrected chi connectivity index (χ4v) is 4.15. The van der Waals surface area contributed by atoms with E-state index >= 15 is 0 Å². The van der Waals surface area contributed by atoms with Crippen molar-refractivity contribution in [2.24, 2.45) is 11.8 Å². The zero-order valence-corrected chi connectivity index (χ0v) is 13.9. The average Bonchev–Trinajstić information content (AvgIpc) is 2.88. The summed E-state index contributed by atoms with van der Waals surface area (Å²) >= 11 is 0. The highest BCUT2D eigenvalue weighted by Gasteiger charge is 2.28. The minimum absolute atomic E-state index is 0.788. The Bertz CT molecular complexity index is 526. The Hall–Kier alpha value is -1.31. The Labute approximate surface area is 134 Å². The number of nitrogens with zero attached hydrogens (tertiary/aromatic N) is 3. The molecule has 1 N–H and O–H groups in total. The lowest BCUT2D eigenvalue weighted by Crippen LogP contribution is -2.39. The van der Waals surface area contributed by atoms with E-state index in [9.17, 15) is 0 Å². The molecule has 0 amide bonds. The van der Waals surface area contributed by atoms with Gasteiger partial charge in [0.15, 0.2) is 0 Å². The van der Waals surface area contributed by atoms with Crippen molar-refractivity contribution >= 4 is 0 Å². The van der Waals surface area contributed by atoms with Gasteiger partial charge in [0.25, 0.3) is 0 Å². The average molecular weight is 300 g/mol. The van der Waals surface area contributed by atoms with Gasteiger partial charge in [-0.3, -0.25) is 4.90 Å². The Morgan fingerprint density at radius 1 is 1.14 bits per heavy atom. The van der Waals surface area contributed by atoms with Crippen molar-refractivity contribution in [3.8, 4) is 6.07 Å². The standard InChI is InChI=1S/C18H28N4/c1-14-17(12-19)11-18(20-14)13-22-9-5-16(6-10-22)15-3-7-21(2)8-4-15/h11,15-16,20H,3-10,13H2,1-2H3. The third kappa shape index (κ3) is 3.53. The van der Waals surface area contributed by atoms with Gasteiger partial charge < -0.3 is 9.88 Å². The van der Waals surface area contributed by atoms with E-state index in [1.54, 1.807) is 0 Å². The van der Waals surface area contributed by atoms with Crippen molar-refractivity contribution in [1.29, 1.82) is 5.26 Å². The number of piperidine rings is 2. The number of aryl methyl sites for hydroxylation is 1. The second kappa shape index (κ2) is 6.85. The van der Waals surface area contributed by atoms with Crippen LogP contribution in [0.3, 0.4) is 0 Å². The van der Waals surface area contributed by atoms with Gasteiger partial charge >= 0.3 is 0 Å². The monoisotopic (exact) mass is 300 g/mol. The quantitative estimate of drug-likeness (QED) is 0.933. The maximum absolute atomic E-state index is 9.05. The molecule has 0 spiro atoms. The Morgan fingerprint density at radius 3 is 2.27 bits per heavy atom. The molecule has 0 bridgehead atoms. The second-order valence-corrected chi connectivity index (χ2v) is 7.20. The first kappa shape index (κ1) is 15.6. The third-order valence-electron chi connectivity index (χ3n) is 5.65. The number of hydrogen-bond acceptors (Lipinski definition) is 3. The number of likely N-dealkylation sites (tertiary alicyclic amines) is 2. The molecule has 0 unspecified atom stereocenters. The van der Waals surface area contributed by atoms with E-state index in [2.05, 4.69) is 27.9 Å². The van der Waals surface area contributed by atoms with Gasteiger partial charge in [0.1, 0.15) is 6.07 Å². The van der Waals surface area contributed by atoms with Gasteiger partial charge in [0.05, 0.1) is 5.56 Å². The molecule has 1 aromatic heterocycles. The van der Waals surface area contributed by atoms with Crippen molar-refractivity contribution in [3.63, 3.8) is 0 Å². The van der Waals surface area contributed by atoms with Gasteiger partial charge in [-0.05, 0) is 83.7 Å². The molecule has 22 heavy (non-hydrogen) atoms. The smallest absolute Gasteiger partial charge is 0.101 e. The number of nitriles is 1. The maximum atomic E-state index is 9.05.